The van der Waals surface area contributed by atoms with Gasteiger partial charge in [-0.05, 0) is 23.4 Å². The fourth-order valence-corrected chi connectivity index (χ4v) is 2.52. The third-order valence-corrected chi connectivity index (χ3v) is 3.79. The number of hydrogen-bond acceptors (Lipinski definition) is 5. The van der Waals surface area contributed by atoms with E-state index in [0.29, 0.717) is 16.8 Å². The van der Waals surface area contributed by atoms with E-state index in [-0.39, 0.29) is 19.2 Å². The smallest absolute Gasteiger partial charge is 0.254 e. The number of nitrogens with zero attached hydrogens (tertiary/aromatic N) is 3. The predicted molar refractivity (Wildman–Crippen MR) is 96.5 cm³/mol. The summed E-state index contributed by atoms with van der Waals surface area (Å²) in [6.45, 7) is 0.526. The molecule has 0 unspecified atom stereocenters. The van der Waals surface area contributed by atoms with Gasteiger partial charge in [0.25, 0.3) is 6.73 Å². The van der Waals surface area contributed by atoms with Gasteiger partial charge in [-0.1, -0.05) is 36.4 Å². The highest BCUT2D eigenvalue weighted by Crippen LogP contribution is 2.12. The number of nitroso groups, excluding NO2 is 1. The van der Waals surface area contributed by atoms with Crippen LogP contribution < -0.4 is 4.57 Å². The molecule has 0 aliphatic carbocycles. The van der Waals surface area contributed by atoms with E-state index < -0.39 is 0 Å². The predicted octanol–water partition coefficient (Wildman–Crippen LogP) is 3.13. The Labute approximate surface area is 151 Å². The number of ether oxygens (including phenoxy) is 1. The van der Waals surface area contributed by atoms with Crippen molar-refractivity contribution < 1.29 is 14.1 Å². The molecule has 26 heavy (non-hydrogen) atoms. The lowest BCUT2D eigenvalue weighted by Gasteiger charge is -2.21. The van der Waals surface area contributed by atoms with E-state index in [0.717, 1.165) is 0 Å². The van der Waals surface area contributed by atoms with Gasteiger partial charge in [0, 0.05) is 17.8 Å². The van der Waals surface area contributed by atoms with Gasteiger partial charge < -0.3 is 9.64 Å². The molecule has 1 aromatic carbocycles. The van der Waals surface area contributed by atoms with Crippen molar-refractivity contribution in [2.45, 2.75) is 6.73 Å². The molecule has 6 heteroatoms. The summed E-state index contributed by atoms with van der Waals surface area (Å²) >= 11 is 0. The fraction of sp³-hybridized carbons (Fsp3) is 0.100. The van der Waals surface area contributed by atoms with Crippen LogP contribution in [0.1, 0.15) is 15.9 Å². The zero-order valence-electron chi connectivity index (χ0n) is 14.1. The number of pyridine rings is 1. The van der Waals surface area contributed by atoms with Crippen LogP contribution in [0.4, 0.5) is 0 Å². The molecule has 0 bridgehead atoms. The van der Waals surface area contributed by atoms with Gasteiger partial charge in [-0.15, -0.1) is 4.91 Å². The molecule has 1 aromatic heterocycles. The Kier molecular flexibility index (Phi) is 5.80. The summed E-state index contributed by atoms with van der Waals surface area (Å²) in [6.07, 6.45) is 12.1. The number of hydrogen-bond donors (Lipinski definition) is 0. The summed E-state index contributed by atoms with van der Waals surface area (Å²) in [5.41, 5.74) is 1.89. The minimum atomic E-state index is -0.0358. The normalized spacial score (nSPS) is 14.6. The summed E-state index contributed by atoms with van der Waals surface area (Å²) in [7, 11) is 0. The molecular weight excluding hydrogens is 330 g/mol. The molecule has 0 radical (unpaired) electrons. The quantitative estimate of drug-likeness (QED) is 0.438. The summed E-state index contributed by atoms with van der Waals surface area (Å²) in [6, 6.07) is 12.7. The first-order valence-electron chi connectivity index (χ1n) is 8.08. The Hall–Kier alpha value is -3.38. The second kappa shape index (κ2) is 8.64. The van der Waals surface area contributed by atoms with Gasteiger partial charge in [0.2, 0.25) is 0 Å². The molecule has 6 nitrogen and oxygen atoms in total. The first kappa shape index (κ1) is 17.4. The molecule has 130 valence electrons. The van der Waals surface area contributed by atoms with Crippen LogP contribution in [0.25, 0.3) is 0 Å². The lowest BCUT2D eigenvalue weighted by molar-refractivity contribution is -0.733. The van der Waals surface area contributed by atoms with Gasteiger partial charge in [-0.25, -0.2) is 0 Å². The van der Waals surface area contributed by atoms with Gasteiger partial charge in [0.05, 0.1) is 17.5 Å². The Balaban J connectivity index is 1.62. The average molecular weight is 348 g/mol. The van der Waals surface area contributed by atoms with Crippen molar-refractivity contribution in [1.82, 2.24) is 4.90 Å². The van der Waals surface area contributed by atoms with Crippen LogP contribution in [-0.4, -0.2) is 17.4 Å². The number of allylic oxidation sites excluding steroid dienone is 3. The standard InChI is InChI=1S/C20H18N3O3/c24-20(17-7-2-1-3-8-17)18-9-6-11-22(14-18)15-26-16-23-12-5-4-10-19(23)13-21-25/h1-14H,15-16H2/q+1/b19-13+. The first-order chi connectivity index (χ1) is 12.8. The van der Waals surface area contributed by atoms with Crippen molar-refractivity contribution in [1.29, 1.82) is 0 Å². The average Bonchev–Trinajstić information content (AvgIpc) is 2.70. The fourth-order valence-electron chi connectivity index (χ4n) is 2.52. The van der Waals surface area contributed by atoms with Crippen LogP contribution in [0, 0.1) is 4.91 Å². The van der Waals surface area contributed by atoms with Gasteiger partial charge in [-0.3, -0.25) is 4.79 Å². The Morgan fingerprint density at radius 3 is 2.73 bits per heavy atom. The second-order valence-corrected chi connectivity index (χ2v) is 5.59. The lowest BCUT2D eigenvalue weighted by Crippen LogP contribution is -2.37. The molecule has 1 aliphatic heterocycles. The molecule has 1 aliphatic rings. The largest absolute Gasteiger partial charge is 0.323 e. The molecule has 0 spiro atoms. The molecule has 0 saturated heterocycles. The highest BCUT2D eigenvalue weighted by molar-refractivity contribution is 6.08. The number of aromatic nitrogens is 1. The van der Waals surface area contributed by atoms with Crippen LogP contribution >= 0.6 is 0 Å². The van der Waals surface area contributed by atoms with Crippen molar-refractivity contribution in [3.8, 4) is 0 Å². The highest BCUT2D eigenvalue weighted by atomic mass is 16.5. The summed E-state index contributed by atoms with van der Waals surface area (Å²) in [4.78, 5) is 24.7. The molecule has 2 aromatic rings. The number of ketones is 1. The van der Waals surface area contributed by atoms with E-state index >= 15 is 0 Å². The second-order valence-electron chi connectivity index (χ2n) is 5.59. The SMILES string of the molecule is O=N/C=C1\C=CC=CN1COC[n+]1cccc(C(=O)c2ccccc2)c1. The van der Waals surface area contributed by atoms with Crippen LogP contribution in [0.2, 0.25) is 0 Å². The maximum Gasteiger partial charge on any atom is 0.254 e. The van der Waals surface area contributed by atoms with E-state index in [4.69, 9.17) is 4.74 Å². The van der Waals surface area contributed by atoms with Crippen LogP contribution in [0.5, 0.6) is 0 Å². The van der Waals surface area contributed by atoms with Crippen molar-refractivity contribution in [2.24, 2.45) is 5.18 Å². The summed E-state index contributed by atoms with van der Waals surface area (Å²) < 4.78 is 7.48. The Morgan fingerprint density at radius 1 is 1.12 bits per heavy atom. The van der Waals surface area contributed by atoms with E-state index in [1.807, 2.05) is 42.6 Å². The molecular formula is C20H18N3O3+. The zero-order valence-corrected chi connectivity index (χ0v) is 14.1. The van der Waals surface area contributed by atoms with Crippen LogP contribution in [0.3, 0.4) is 0 Å². The molecule has 0 N–H and O–H groups in total. The number of carbonyl (C=O) groups is 1. The maximum absolute atomic E-state index is 12.5. The first-order valence-corrected chi connectivity index (χ1v) is 8.08. The Morgan fingerprint density at radius 2 is 1.92 bits per heavy atom. The minimum absolute atomic E-state index is 0.0358. The van der Waals surface area contributed by atoms with Gasteiger partial charge in [-0.2, -0.15) is 4.57 Å². The number of carbonyl (C=O) groups excluding carboxylic acids is 1. The molecule has 0 amide bonds. The van der Waals surface area contributed by atoms with Crippen molar-refractivity contribution in [2.75, 3.05) is 6.73 Å². The molecule has 3 rings (SSSR count). The minimum Gasteiger partial charge on any atom is -0.323 e. The van der Waals surface area contributed by atoms with Crippen molar-refractivity contribution in [3.63, 3.8) is 0 Å². The van der Waals surface area contributed by atoms with Crippen LogP contribution in [-0.2, 0) is 11.5 Å². The van der Waals surface area contributed by atoms with Crippen molar-refractivity contribution >= 4 is 5.78 Å². The monoisotopic (exact) mass is 348 g/mol. The molecule has 0 atom stereocenters. The van der Waals surface area contributed by atoms with Gasteiger partial charge in [0.1, 0.15) is 6.73 Å². The summed E-state index contributed by atoms with van der Waals surface area (Å²) in [5.74, 6) is -0.0358. The number of rotatable bonds is 7. The van der Waals surface area contributed by atoms with Crippen molar-refractivity contribution in [3.05, 3.63) is 107 Å². The van der Waals surface area contributed by atoms with E-state index in [1.54, 1.807) is 46.1 Å². The van der Waals surface area contributed by atoms with E-state index in [1.165, 1.54) is 6.20 Å². The van der Waals surface area contributed by atoms with E-state index in [9.17, 15) is 9.70 Å². The lowest BCUT2D eigenvalue weighted by atomic mass is 10.1. The molecule has 0 saturated carbocycles. The highest BCUT2D eigenvalue weighted by Gasteiger charge is 2.13. The van der Waals surface area contributed by atoms with E-state index in [2.05, 4.69) is 5.18 Å². The summed E-state index contributed by atoms with van der Waals surface area (Å²) in [5, 5.41) is 2.80. The third-order valence-electron chi connectivity index (χ3n) is 3.79. The van der Waals surface area contributed by atoms with Crippen LogP contribution in [0.15, 0.2) is 96.4 Å². The molecule has 0 fully saturated rings. The maximum atomic E-state index is 12.5. The molecule has 2 heterocycles. The Bertz CT molecular complexity index is 873. The van der Waals surface area contributed by atoms with Gasteiger partial charge in [0.15, 0.2) is 18.2 Å². The topological polar surface area (TPSA) is 62.9 Å². The zero-order chi connectivity index (χ0) is 18.2. The third kappa shape index (κ3) is 4.37. The number of benzene rings is 1. The van der Waals surface area contributed by atoms with Gasteiger partial charge >= 0.3 is 0 Å².